The summed E-state index contributed by atoms with van der Waals surface area (Å²) in [6.45, 7) is 1.84. The van der Waals surface area contributed by atoms with Gasteiger partial charge in [-0.25, -0.2) is 4.79 Å². The van der Waals surface area contributed by atoms with Crippen LogP contribution in [0.25, 0.3) is 0 Å². The molecule has 1 aliphatic rings. The number of nitrogens with one attached hydrogen (secondary N) is 3. The summed E-state index contributed by atoms with van der Waals surface area (Å²) in [5, 5.41) is 20.9. The number of carbonyl (C=O) groups is 2. The fourth-order valence-electron chi connectivity index (χ4n) is 4.26. The molecule has 1 aromatic heterocycles. The van der Waals surface area contributed by atoms with Crippen molar-refractivity contribution in [2.45, 2.75) is 57.3 Å². The summed E-state index contributed by atoms with van der Waals surface area (Å²) < 4.78 is 47.1. The maximum absolute atomic E-state index is 13.5. The molecule has 37 heavy (non-hydrogen) atoms. The van der Waals surface area contributed by atoms with Crippen molar-refractivity contribution >= 4 is 29.2 Å². The molecule has 1 saturated carbocycles. The maximum Gasteiger partial charge on any atom is 0.416 e. The Kier molecular flexibility index (Phi) is 7.77. The van der Waals surface area contributed by atoms with Gasteiger partial charge in [-0.2, -0.15) is 13.2 Å². The van der Waals surface area contributed by atoms with Gasteiger partial charge in [-0.05, 0) is 53.8 Å². The van der Waals surface area contributed by atoms with Crippen molar-refractivity contribution in [2.75, 3.05) is 16.0 Å². The number of urea groups is 1. The van der Waals surface area contributed by atoms with Gasteiger partial charge in [0.15, 0.2) is 6.04 Å². The van der Waals surface area contributed by atoms with Crippen LogP contribution in [0.5, 0.6) is 0 Å². The Morgan fingerprint density at radius 2 is 1.84 bits per heavy atom. The van der Waals surface area contributed by atoms with E-state index in [2.05, 4.69) is 21.2 Å². The number of hydrogen-bond donors (Lipinski definition) is 4. The van der Waals surface area contributed by atoms with E-state index in [9.17, 15) is 27.9 Å². The van der Waals surface area contributed by atoms with Gasteiger partial charge >= 0.3 is 18.1 Å². The van der Waals surface area contributed by atoms with Gasteiger partial charge in [0.2, 0.25) is 11.2 Å². The summed E-state index contributed by atoms with van der Waals surface area (Å²) in [5.41, 5.74) is 0.300. The van der Waals surface area contributed by atoms with Crippen molar-refractivity contribution in [1.82, 2.24) is 5.27 Å². The number of aryl methyl sites for hydroxylation is 1. The van der Waals surface area contributed by atoms with E-state index in [1.54, 1.807) is 12.1 Å². The number of benzene rings is 2. The molecule has 9 nitrogen and oxygen atoms in total. The Morgan fingerprint density at radius 3 is 2.54 bits per heavy atom. The smallest absolute Gasteiger partial charge is 0.393 e. The molecule has 1 aliphatic carbocycles. The highest BCUT2D eigenvalue weighted by Gasteiger charge is 2.32. The zero-order chi connectivity index (χ0) is 26.6. The molecule has 0 spiro atoms. The van der Waals surface area contributed by atoms with Crippen LogP contribution in [-0.2, 0) is 17.4 Å². The van der Waals surface area contributed by atoms with E-state index in [1.807, 2.05) is 19.1 Å². The van der Waals surface area contributed by atoms with Gasteiger partial charge < -0.3 is 15.7 Å². The Balaban J connectivity index is 1.44. The van der Waals surface area contributed by atoms with Crippen LogP contribution in [0.2, 0.25) is 0 Å². The topological polar surface area (TPSA) is 120 Å². The first kappa shape index (κ1) is 26.1. The number of rotatable bonds is 6. The summed E-state index contributed by atoms with van der Waals surface area (Å²) in [6, 6.07) is 9.06. The van der Waals surface area contributed by atoms with Crippen LogP contribution in [0.3, 0.4) is 0 Å². The van der Waals surface area contributed by atoms with E-state index in [-0.39, 0.29) is 29.7 Å². The van der Waals surface area contributed by atoms with E-state index >= 15 is 0 Å². The quantitative estimate of drug-likeness (QED) is 0.356. The molecule has 4 N–H and O–H groups in total. The van der Waals surface area contributed by atoms with E-state index < -0.39 is 29.8 Å². The average Bonchev–Trinajstić information content (AvgIpc) is 3.28. The third-order valence-electron chi connectivity index (χ3n) is 6.13. The number of carbonyl (C=O) groups excluding carboxylic acids is 2. The fraction of sp³-hybridized carbons (Fsp3) is 0.360. The number of nitrogens with zero attached hydrogens (tertiary/aromatic N) is 2. The van der Waals surface area contributed by atoms with Gasteiger partial charge in [0.1, 0.15) is 0 Å². The lowest BCUT2D eigenvalue weighted by atomic mass is 9.93. The van der Waals surface area contributed by atoms with Crippen LogP contribution in [0.1, 0.15) is 48.4 Å². The summed E-state index contributed by atoms with van der Waals surface area (Å²) in [4.78, 5) is 25.0. The molecule has 0 saturated heterocycles. The molecule has 1 fully saturated rings. The highest BCUT2D eigenvalue weighted by molar-refractivity contribution is 6.00. The zero-order valence-electron chi connectivity index (χ0n) is 20.0. The molecular formula is C25H27F3N5O4+. The first-order valence-electron chi connectivity index (χ1n) is 11.8. The monoisotopic (exact) mass is 518 g/mol. The van der Waals surface area contributed by atoms with Crippen molar-refractivity contribution < 1.29 is 37.1 Å². The second kappa shape index (κ2) is 11.0. The molecule has 2 aromatic carbocycles. The van der Waals surface area contributed by atoms with Gasteiger partial charge in [-0.3, -0.25) is 14.6 Å². The van der Waals surface area contributed by atoms with E-state index in [4.69, 9.17) is 4.52 Å². The zero-order valence-corrected chi connectivity index (χ0v) is 20.0. The van der Waals surface area contributed by atoms with Crippen molar-refractivity contribution in [3.8, 4) is 0 Å². The molecule has 3 aromatic rings. The van der Waals surface area contributed by atoms with Crippen molar-refractivity contribution in [3.05, 3.63) is 65.4 Å². The molecule has 4 rings (SSSR count). The number of halogens is 3. The molecule has 12 heteroatoms. The second-order valence-electron chi connectivity index (χ2n) is 9.05. The lowest BCUT2D eigenvalue weighted by Gasteiger charge is -2.18. The molecule has 0 unspecified atom stereocenters. The largest absolute Gasteiger partial charge is 0.416 e. The number of aliphatic hydroxyl groups is 1. The Labute approximate surface area is 210 Å². The summed E-state index contributed by atoms with van der Waals surface area (Å²) in [6.07, 6.45) is -0.864. The Bertz CT molecular complexity index is 1280. The molecular weight excluding hydrogens is 491 g/mol. The Hall–Kier alpha value is -3.93. The highest BCUT2D eigenvalue weighted by Crippen LogP contribution is 2.33. The standard InChI is InChI=1S/C25H26F3N5O4/c1-15-5-2-3-6-16(15)9-22(35)29-18-10-17(25(26,27)28)11-19(12-18)30-24(36)31-23-14-33(32-37-23)20-7-4-8-21(34)13-20/h2-3,5-6,10-12,14,20-21,34H,4,7-9,13H2,1H3,(H2-,29,30,31,32,35,36)/p+1/t20-,21+/m1/s1. The van der Waals surface area contributed by atoms with Crippen molar-refractivity contribution in [2.24, 2.45) is 0 Å². The van der Waals surface area contributed by atoms with Crippen molar-refractivity contribution in [3.63, 3.8) is 0 Å². The van der Waals surface area contributed by atoms with Gasteiger partial charge in [0.25, 0.3) is 6.20 Å². The minimum absolute atomic E-state index is 0.0173. The second-order valence-corrected chi connectivity index (χ2v) is 9.05. The maximum atomic E-state index is 13.5. The van der Waals surface area contributed by atoms with Gasteiger partial charge in [-0.1, -0.05) is 24.3 Å². The molecule has 1 heterocycles. The Morgan fingerprint density at radius 1 is 1.11 bits per heavy atom. The average molecular weight is 519 g/mol. The lowest BCUT2D eigenvalue weighted by Crippen LogP contribution is -2.44. The third kappa shape index (κ3) is 7.06. The molecule has 0 radical (unpaired) electrons. The first-order valence-corrected chi connectivity index (χ1v) is 11.8. The molecule has 3 amide bonds. The predicted octanol–water partition coefficient (Wildman–Crippen LogP) is 4.59. The van der Waals surface area contributed by atoms with Crippen LogP contribution in [0.15, 0.2) is 53.2 Å². The number of aromatic nitrogens is 2. The molecule has 2 atom stereocenters. The number of aliphatic hydroxyl groups excluding tert-OH is 1. The molecule has 0 bridgehead atoms. The fourth-order valence-corrected chi connectivity index (χ4v) is 4.26. The predicted molar refractivity (Wildman–Crippen MR) is 128 cm³/mol. The van der Waals surface area contributed by atoms with Crippen LogP contribution in [0.4, 0.5) is 35.2 Å². The number of amides is 3. The SMILES string of the molecule is Cc1ccccc1CC(=O)Nc1cc(NC(=O)Nc2c[n+]([C@@H]3CCC[C@H](O)C3)no2)cc(C(F)(F)F)c1. The van der Waals surface area contributed by atoms with Crippen molar-refractivity contribution in [1.29, 1.82) is 0 Å². The van der Waals surface area contributed by atoms with E-state index in [1.165, 1.54) is 16.9 Å². The van der Waals surface area contributed by atoms with Crippen LogP contribution in [-0.4, -0.2) is 28.4 Å². The number of alkyl halides is 3. The molecule has 196 valence electrons. The normalized spacial score (nSPS) is 17.8. The van der Waals surface area contributed by atoms with Crippen LogP contribution < -0.4 is 20.6 Å². The van der Waals surface area contributed by atoms with E-state index in [0.717, 1.165) is 36.1 Å². The minimum Gasteiger partial charge on any atom is -0.393 e. The number of hydrogen-bond acceptors (Lipinski definition) is 5. The van der Waals surface area contributed by atoms with Crippen LogP contribution in [0, 0.1) is 6.92 Å². The van der Waals surface area contributed by atoms with Gasteiger partial charge in [0, 0.05) is 24.2 Å². The van der Waals surface area contributed by atoms with E-state index in [0.29, 0.717) is 12.8 Å². The van der Waals surface area contributed by atoms with Gasteiger partial charge in [-0.15, -0.1) is 0 Å². The summed E-state index contributed by atoms with van der Waals surface area (Å²) in [7, 11) is 0. The third-order valence-corrected chi connectivity index (χ3v) is 6.13. The molecule has 0 aliphatic heterocycles. The summed E-state index contributed by atoms with van der Waals surface area (Å²) in [5.74, 6) is -0.514. The lowest BCUT2D eigenvalue weighted by molar-refractivity contribution is -0.788. The minimum atomic E-state index is -4.70. The number of anilines is 3. The highest BCUT2D eigenvalue weighted by atomic mass is 19.4. The van der Waals surface area contributed by atoms with Crippen LogP contribution >= 0.6 is 0 Å². The van der Waals surface area contributed by atoms with Gasteiger partial charge in [0.05, 0.1) is 18.1 Å². The first-order chi connectivity index (χ1) is 17.6. The summed E-state index contributed by atoms with van der Waals surface area (Å²) >= 11 is 0.